The lowest BCUT2D eigenvalue weighted by atomic mass is 9.90. The van der Waals surface area contributed by atoms with Crippen LogP contribution in [-0.4, -0.2) is 4.57 Å². The molecular formula is C50H31N3OS. The Morgan fingerprint density at radius 3 is 1.98 bits per heavy atom. The summed E-state index contributed by atoms with van der Waals surface area (Å²) in [5.41, 5.74) is 7.82. The van der Waals surface area contributed by atoms with Crippen molar-refractivity contribution in [1.29, 1.82) is 0 Å². The van der Waals surface area contributed by atoms with E-state index in [4.69, 9.17) is 4.42 Å². The molecule has 1 aliphatic heterocycles. The molecule has 0 fully saturated rings. The third kappa shape index (κ3) is 4.03. The lowest BCUT2D eigenvalue weighted by molar-refractivity contribution is 0.419. The van der Waals surface area contributed by atoms with E-state index in [9.17, 15) is 0 Å². The Bertz CT molecular complexity index is 3590. The summed E-state index contributed by atoms with van der Waals surface area (Å²) < 4.78 is 11.7. The first-order chi connectivity index (χ1) is 27.3. The first-order valence-corrected chi connectivity index (χ1v) is 19.7. The normalized spacial score (nSPS) is 16.1. The lowest BCUT2D eigenvalue weighted by Crippen LogP contribution is -2.40. The Morgan fingerprint density at radius 2 is 1.13 bits per heavy atom. The van der Waals surface area contributed by atoms with Gasteiger partial charge < -0.3 is 14.3 Å². The number of nitrogens with zero attached hydrogens (tertiary/aromatic N) is 1. The second-order valence-electron chi connectivity index (χ2n) is 14.9. The highest BCUT2D eigenvalue weighted by Gasteiger charge is 2.33. The zero-order valence-electron chi connectivity index (χ0n) is 29.5. The summed E-state index contributed by atoms with van der Waals surface area (Å²) in [6.45, 7) is 0. The molecule has 0 saturated carbocycles. The average molecular weight is 722 g/mol. The average Bonchev–Trinajstić information content (AvgIpc) is 3.93. The van der Waals surface area contributed by atoms with Crippen molar-refractivity contribution in [1.82, 2.24) is 9.88 Å². The number of benzene rings is 9. The standard InChI is InChI=1S/C50H31N3OS/c1-3-13-31-28(11-1)23-26-39-45(31)46(30-22-24-34-33-15-7-9-19-40(33)54-41(34)27-30)52-50(51-39)53-47-32-14-4-2-12-29(32)21-25-38(47)43-35-16-5-6-17-36(35)44-37-18-8-10-20-42(37)55-49(44)48(43)53/h1-27,46,50-52H. The van der Waals surface area contributed by atoms with E-state index in [2.05, 4.69) is 173 Å². The summed E-state index contributed by atoms with van der Waals surface area (Å²) >= 11 is 1.90. The molecule has 2 N–H and O–H groups in total. The molecule has 4 nitrogen and oxygen atoms in total. The van der Waals surface area contributed by atoms with Gasteiger partial charge in [-0.3, -0.25) is 5.32 Å². The molecule has 55 heavy (non-hydrogen) atoms. The van der Waals surface area contributed by atoms with Crippen molar-refractivity contribution in [2.45, 2.75) is 12.3 Å². The van der Waals surface area contributed by atoms with Gasteiger partial charge in [0.15, 0.2) is 6.29 Å². The molecule has 9 aromatic carbocycles. The zero-order valence-corrected chi connectivity index (χ0v) is 30.3. The van der Waals surface area contributed by atoms with Crippen LogP contribution in [0, 0.1) is 0 Å². The van der Waals surface area contributed by atoms with Crippen molar-refractivity contribution in [3.8, 4) is 0 Å². The minimum atomic E-state index is -0.287. The molecule has 0 aliphatic carbocycles. The maximum Gasteiger partial charge on any atom is 0.160 e. The number of furan rings is 1. The smallest absolute Gasteiger partial charge is 0.160 e. The van der Waals surface area contributed by atoms with Gasteiger partial charge in [-0.2, -0.15) is 0 Å². The molecule has 2 atom stereocenters. The molecule has 3 aromatic heterocycles. The predicted molar refractivity (Wildman–Crippen MR) is 233 cm³/mol. The van der Waals surface area contributed by atoms with Crippen LogP contribution in [0.4, 0.5) is 5.69 Å². The van der Waals surface area contributed by atoms with Crippen molar-refractivity contribution in [2.75, 3.05) is 5.32 Å². The molecule has 4 heterocycles. The third-order valence-electron chi connectivity index (χ3n) is 12.0. The fraction of sp³-hybridized carbons (Fsp3) is 0.0400. The van der Waals surface area contributed by atoms with E-state index in [1.54, 1.807) is 0 Å². The Labute approximate surface area is 318 Å². The van der Waals surface area contributed by atoms with Crippen LogP contribution in [0.1, 0.15) is 23.5 Å². The fourth-order valence-corrected chi connectivity index (χ4v) is 11.0. The van der Waals surface area contributed by atoms with E-state index in [1.165, 1.54) is 85.4 Å². The van der Waals surface area contributed by atoms with E-state index >= 15 is 0 Å². The second-order valence-corrected chi connectivity index (χ2v) is 15.9. The zero-order chi connectivity index (χ0) is 35.8. The number of fused-ring (bicyclic) bond motifs is 18. The van der Waals surface area contributed by atoms with Gasteiger partial charge in [0.1, 0.15) is 11.2 Å². The van der Waals surface area contributed by atoms with E-state index in [1.807, 2.05) is 17.4 Å². The molecule has 1 aliphatic rings. The second kappa shape index (κ2) is 11.0. The molecule has 13 rings (SSSR count). The van der Waals surface area contributed by atoms with Crippen molar-refractivity contribution in [2.24, 2.45) is 0 Å². The number of hydrogen-bond acceptors (Lipinski definition) is 4. The number of aromatic nitrogens is 1. The van der Waals surface area contributed by atoms with Gasteiger partial charge in [-0.05, 0) is 56.8 Å². The molecule has 0 amide bonds. The molecule has 12 aromatic rings. The van der Waals surface area contributed by atoms with Crippen LogP contribution in [0.15, 0.2) is 168 Å². The third-order valence-corrected chi connectivity index (χ3v) is 13.2. The minimum absolute atomic E-state index is 0.134. The van der Waals surface area contributed by atoms with Crippen molar-refractivity contribution >= 4 is 113 Å². The molecule has 2 unspecified atom stereocenters. The molecule has 0 bridgehead atoms. The highest BCUT2D eigenvalue weighted by Crippen LogP contribution is 2.50. The van der Waals surface area contributed by atoms with E-state index in [-0.39, 0.29) is 12.3 Å². The summed E-state index contributed by atoms with van der Waals surface area (Å²) in [6, 6.07) is 59.6. The summed E-state index contributed by atoms with van der Waals surface area (Å²) in [6.07, 6.45) is -0.287. The molecule has 0 saturated heterocycles. The summed E-state index contributed by atoms with van der Waals surface area (Å²) in [4.78, 5) is 0. The maximum atomic E-state index is 6.49. The first-order valence-electron chi connectivity index (χ1n) is 18.9. The SMILES string of the molecule is c1ccc2c3c(ccc2c1)NC(n1c2c4ccccc4ccc2c2c4ccccc4c4c5ccccc5sc4c21)NC3c1ccc2c(c1)oc1ccccc12. The van der Waals surface area contributed by atoms with Crippen LogP contribution in [-0.2, 0) is 0 Å². The van der Waals surface area contributed by atoms with Crippen LogP contribution in [0.3, 0.4) is 0 Å². The molecular weight excluding hydrogens is 691 g/mol. The Kier molecular flexibility index (Phi) is 5.93. The summed E-state index contributed by atoms with van der Waals surface area (Å²) in [7, 11) is 0. The summed E-state index contributed by atoms with van der Waals surface area (Å²) in [5.74, 6) is 0. The van der Waals surface area contributed by atoms with Gasteiger partial charge in [-0.1, -0.05) is 140 Å². The maximum absolute atomic E-state index is 6.49. The van der Waals surface area contributed by atoms with Gasteiger partial charge in [0.25, 0.3) is 0 Å². The van der Waals surface area contributed by atoms with Crippen molar-refractivity contribution in [3.63, 3.8) is 0 Å². The van der Waals surface area contributed by atoms with E-state index in [0.717, 1.165) is 27.6 Å². The molecule has 0 spiro atoms. The molecule has 5 heteroatoms. The highest BCUT2D eigenvalue weighted by atomic mass is 32.1. The van der Waals surface area contributed by atoms with Crippen molar-refractivity contribution < 1.29 is 4.42 Å². The number of thiophene rings is 1. The lowest BCUT2D eigenvalue weighted by Gasteiger charge is -2.37. The van der Waals surface area contributed by atoms with Gasteiger partial charge >= 0.3 is 0 Å². The Morgan fingerprint density at radius 1 is 0.491 bits per heavy atom. The largest absolute Gasteiger partial charge is 0.456 e. The topological polar surface area (TPSA) is 42.1 Å². The number of hydrogen-bond donors (Lipinski definition) is 2. The molecule has 258 valence electrons. The van der Waals surface area contributed by atoms with E-state index < -0.39 is 0 Å². The Hall–Kier alpha value is -6.66. The van der Waals surface area contributed by atoms with Gasteiger partial charge in [0, 0.05) is 53.7 Å². The van der Waals surface area contributed by atoms with Crippen LogP contribution in [0.25, 0.3) is 96.2 Å². The fourth-order valence-electron chi connectivity index (χ4n) is 9.72. The predicted octanol–water partition coefficient (Wildman–Crippen LogP) is 13.8. The van der Waals surface area contributed by atoms with Gasteiger partial charge in [-0.15, -0.1) is 11.3 Å². The number of para-hydroxylation sites is 1. The van der Waals surface area contributed by atoms with Crippen LogP contribution < -0.4 is 10.6 Å². The monoisotopic (exact) mass is 721 g/mol. The van der Waals surface area contributed by atoms with Crippen LogP contribution in [0.5, 0.6) is 0 Å². The number of anilines is 1. The van der Waals surface area contributed by atoms with Crippen LogP contribution >= 0.6 is 11.3 Å². The summed E-state index contributed by atoms with van der Waals surface area (Å²) in [5, 5.41) is 23.3. The van der Waals surface area contributed by atoms with E-state index in [0.29, 0.717) is 0 Å². The van der Waals surface area contributed by atoms with Gasteiger partial charge in [-0.25, -0.2) is 0 Å². The number of rotatable bonds is 2. The van der Waals surface area contributed by atoms with Gasteiger partial charge in [0.2, 0.25) is 0 Å². The van der Waals surface area contributed by atoms with Crippen molar-refractivity contribution in [3.05, 3.63) is 175 Å². The number of nitrogens with one attached hydrogen (secondary N) is 2. The molecule has 0 radical (unpaired) electrons. The van der Waals surface area contributed by atoms with Crippen LogP contribution in [0.2, 0.25) is 0 Å². The Balaban J connectivity index is 1.16. The minimum Gasteiger partial charge on any atom is -0.456 e. The van der Waals surface area contributed by atoms with Gasteiger partial charge in [0.05, 0.1) is 21.8 Å². The first kappa shape index (κ1) is 29.8. The highest BCUT2D eigenvalue weighted by molar-refractivity contribution is 7.27. The quantitative estimate of drug-likeness (QED) is 0.187.